The molecule has 0 unspecified atom stereocenters. The van der Waals surface area contributed by atoms with Crippen molar-refractivity contribution in [1.82, 2.24) is 0 Å². The first-order valence-corrected chi connectivity index (χ1v) is 8.38. The highest BCUT2D eigenvalue weighted by atomic mass is 35.5. The summed E-state index contributed by atoms with van der Waals surface area (Å²) < 4.78 is 5.98. The van der Waals surface area contributed by atoms with Gasteiger partial charge in [-0.3, -0.25) is 0 Å². The molecule has 0 aromatic heterocycles. The number of hydrogen-bond acceptors (Lipinski definition) is 2. The summed E-state index contributed by atoms with van der Waals surface area (Å²) in [5.74, 6) is 0. The smallest absolute Gasteiger partial charge is 0.361 e. The van der Waals surface area contributed by atoms with Crippen LogP contribution in [-0.4, -0.2) is 20.1 Å². The molecule has 0 spiro atoms. The zero-order valence-corrected chi connectivity index (χ0v) is 14.1. The van der Waals surface area contributed by atoms with Gasteiger partial charge in [-0.25, -0.2) is 0 Å². The van der Waals surface area contributed by atoms with Gasteiger partial charge < -0.3 is 10.4 Å². The minimum atomic E-state index is -0.143. The van der Waals surface area contributed by atoms with Gasteiger partial charge in [-0.1, -0.05) is 78.3 Å². The Bertz CT molecular complexity index is 760. The molecule has 4 heteroatoms. The molecule has 0 heterocycles. The Morgan fingerprint density at radius 2 is 1.29 bits per heavy atom. The molecule has 2 nitrogen and oxygen atoms in total. The lowest BCUT2D eigenvalue weighted by Gasteiger charge is -2.15. The zero-order valence-electron chi connectivity index (χ0n) is 13.4. The van der Waals surface area contributed by atoms with Gasteiger partial charge in [0.05, 0.1) is 0 Å². The van der Waals surface area contributed by atoms with Gasteiger partial charge in [0, 0.05) is 18.2 Å². The third-order valence-electron chi connectivity index (χ3n) is 3.90. The fourth-order valence-electron chi connectivity index (χ4n) is 2.69. The molecule has 0 saturated heterocycles. The Balaban J connectivity index is 1.88. The van der Waals surface area contributed by atoms with E-state index in [0.717, 1.165) is 15.9 Å². The summed E-state index contributed by atoms with van der Waals surface area (Å²) in [7, 11) is 0. The van der Waals surface area contributed by atoms with Crippen molar-refractivity contribution in [3.63, 3.8) is 0 Å². The molecule has 3 aromatic carbocycles. The van der Waals surface area contributed by atoms with Crippen LogP contribution in [0.4, 0.5) is 0 Å². The van der Waals surface area contributed by atoms with Crippen LogP contribution in [0.5, 0.6) is 0 Å². The van der Waals surface area contributed by atoms with Crippen LogP contribution in [-0.2, 0) is 4.65 Å². The van der Waals surface area contributed by atoms with Crippen molar-refractivity contribution >= 4 is 29.4 Å². The molecule has 3 rings (SSSR count). The van der Waals surface area contributed by atoms with E-state index >= 15 is 0 Å². The predicted molar refractivity (Wildman–Crippen MR) is 103 cm³/mol. The Labute approximate surface area is 148 Å². The number of benzene rings is 3. The molecule has 0 radical (unpaired) electrons. The van der Waals surface area contributed by atoms with Crippen molar-refractivity contribution in [2.45, 2.75) is 0 Å². The lowest BCUT2D eigenvalue weighted by Crippen LogP contribution is -2.45. The van der Waals surface area contributed by atoms with Gasteiger partial charge in [-0.2, -0.15) is 0 Å². The van der Waals surface area contributed by atoms with Gasteiger partial charge in [0.15, 0.2) is 0 Å². The molecule has 0 amide bonds. The molecule has 0 atom stereocenters. The maximum absolute atomic E-state index is 5.99. The summed E-state index contributed by atoms with van der Waals surface area (Å²) in [4.78, 5) is 0. The standard InChI is InChI=1S/C20H19BClNO/c22-20-12-10-19(11-13-20)21(24-15-14-23)18-8-6-17(7-9-18)16-4-2-1-3-5-16/h1-13H,14-15,23H2. The van der Waals surface area contributed by atoms with Gasteiger partial charge in [-0.05, 0) is 34.2 Å². The average molecular weight is 336 g/mol. The zero-order chi connectivity index (χ0) is 16.8. The molecule has 120 valence electrons. The largest absolute Gasteiger partial charge is 0.426 e. The first-order valence-electron chi connectivity index (χ1n) is 8.00. The number of rotatable bonds is 6. The molecule has 0 aliphatic carbocycles. The van der Waals surface area contributed by atoms with Crippen molar-refractivity contribution in [3.8, 4) is 11.1 Å². The molecule has 2 N–H and O–H groups in total. The summed E-state index contributed by atoms with van der Waals surface area (Å²) in [5.41, 5.74) is 10.2. The average Bonchev–Trinajstić information content (AvgIpc) is 2.65. The fourth-order valence-corrected chi connectivity index (χ4v) is 2.82. The number of nitrogens with two attached hydrogens (primary N) is 1. The first kappa shape index (κ1) is 16.8. The van der Waals surface area contributed by atoms with E-state index in [2.05, 4.69) is 36.4 Å². The van der Waals surface area contributed by atoms with E-state index in [0.29, 0.717) is 13.2 Å². The summed E-state index contributed by atoms with van der Waals surface area (Å²) in [6.45, 7) is 0.857. The molecule has 0 aliphatic rings. The minimum Gasteiger partial charge on any atom is -0.426 e. The molecular formula is C20H19BClNO. The maximum atomic E-state index is 5.99. The van der Waals surface area contributed by atoms with Crippen LogP contribution in [0.1, 0.15) is 0 Å². The molecule has 0 aliphatic heterocycles. The Morgan fingerprint density at radius 3 is 1.88 bits per heavy atom. The molecule has 24 heavy (non-hydrogen) atoms. The summed E-state index contributed by atoms with van der Waals surface area (Å²) >= 11 is 5.99. The van der Waals surface area contributed by atoms with Gasteiger partial charge in [0.25, 0.3) is 0 Å². The normalized spacial score (nSPS) is 10.6. The molecule has 0 saturated carbocycles. The van der Waals surface area contributed by atoms with Crippen LogP contribution in [0.3, 0.4) is 0 Å². The Kier molecular flexibility index (Phi) is 5.70. The number of hydrogen-bond donors (Lipinski definition) is 1. The topological polar surface area (TPSA) is 35.2 Å². The van der Waals surface area contributed by atoms with E-state index in [9.17, 15) is 0 Å². The highest BCUT2D eigenvalue weighted by Gasteiger charge is 2.21. The summed E-state index contributed by atoms with van der Waals surface area (Å²) in [6.07, 6.45) is 0. The van der Waals surface area contributed by atoms with Crippen LogP contribution in [0.2, 0.25) is 5.02 Å². The maximum Gasteiger partial charge on any atom is 0.361 e. The third-order valence-corrected chi connectivity index (χ3v) is 4.15. The van der Waals surface area contributed by atoms with Crippen LogP contribution in [0, 0.1) is 0 Å². The van der Waals surface area contributed by atoms with Gasteiger partial charge >= 0.3 is 6.92 Å². The van der Waals surface area contributed by atoms with Gasteiger partial charge in [0.1, 0.15) is 0 Å². The van der Waals surface area contributed by atoms with E-state index in [1.54, 1.807) is 0 Å². The summed E-state index contributed by atoms with van der Waals surface area (Å²) in [6, 6.07) is 26.6. The third kappa shape index (κ3) is 4.06. The van der Waals surface area contributed by atoms with Crippen LogP contribution >= 0.6 is 11.6 Å². The lowest BCUT2D eigenvalue weighted by atomic mass is 9.55. The number of halogens is 1. The predicted octanol–water partition coefficient (Wildman–Crippen LogP) is 3.09. The molecule has 3 aromatic rings. The summed E-state index contributed by atoms with van der Waals surface area (Å²) in [5, 5.41) is 0.718. The highest BCUT2D eigenvalue weighted by molar-refractivity contribution is 6.80. The van der Waals surface area contributed by atoms with Gasteiger partial charge in [0.2, 0.25) is 0 Å². The quantitative estimate of drug-likeness (QED) is 0.703. The van der Waals surface area contributed by atoms with Crippen LogP contribution in [0.25, 0.3) is 11.1 Å². The second-order valence-electron chi connectivity index (χ2n) is 5.58. The van der Waals surface area contributed by atoms with Crippen molar-refractivity contribution in [2.24, 2.45) is 5.73 Å². The SMILES string of the molecule is NCCOB(c1ccc(Cl)cc1)c1ccc(-c2ccccc2)cc1. The van der Waals surface area contributed by atoms with Crippen LogP contribution < -0.4 is 16.7 Å². The molecule has 0 fully saturated rings. The van der Waals surface area contributed by atoms with E-state index in [-0.39, 0.29) is 6.92 Å². The van der Waals surface area contributed by atoms with Crippen molar-refractivity contribution in [2.75, 3.05) is 13.2 Å². The van der Waals surface area contributed by atoms with E-state index in [4.69, 9.17) is 22.0 Å². The van der Waals surface area contributed by atoms with Gasteiger partial charge in [-0.15, -0.1) is 0 Å². The van der Waals surface area contributed by atoms with Crippen molar-refractivity contribution in [1.29, 1.82) is 0 Å². The monoisotopic (exact) mass is 335 g/mol. The second-order valence-corrected chi connectivity index (χ2v) is 6.02. The Morgan fingerprint density at radius 1 is 0.750 bits per heavy atom. The lowest BCUT2D eigenvalue weighted by molar-refractivity contribution is 0.344. The van der Waals surface area contributed by atoms with E-state index in [1.807, 2.05) is 42.5 Å². The fraction of sp³-hybridized carbons (Fsp3) is 0.100. The van der Waals surface area contributed by atoms with E-state index in [1.165, 1.54) is 11.1 Å². The minimum absolute atomic E-state index is 0.143. The Hall–Kier alpha value is -2.07. The second kappa shape index (κ2) is 8.16. The molecular weight excluding hydrogens is 316 g/mol. The van der Waals surface area contributed by atoms with Crippen molar-refractivity contribution in [3.05, 3.63) is 83.9 Å². The van der Waals surface area contributed by atoms with E-state index < -0.39 is 0 Å². The highest BCUT2D eigenvalue weighted by Crippen LogP contribution is 2.17. The molecule has 0 bridgehead atoms. The van der Waals surface area contributed by atoms with Crippen molar-refractivity contribution < 1.29 is 4.65 Å². The van der Waals surface area contributed by atoms with Crippen LogP contribution in [0.15, 0.2) is 78.9 Å². The first-order chi connectivity index (χ1) is 11.8.